The van der Waals surface area contributed by atoms with E-state index in [1.54, 1.807) is 12.1 Å². The van der Waals surface area contributed by atoms with E-state index in [0.29, 0.717) is 21.8 Å². The SMILES string of the molecule is COC(=O)c1c(NC(=O)C(Sc2cccc(NC(=O)c3ccc(C)cc3)c2)c2ccccc2)sc2c1CCCC2. The number of rotatable bonds is 8. The molecule has 2 amide bonds. The minimum atomic E-state index is -0.589. The van der Waals surface area contributed by atoms with Crippen LogP contribution in [0, 0.1) is 6.92 Å². The molecular formula is C32H30N2O4S2. The topological polar surface area (TPSA) is 84.5 Å². The third kappa shape index (κ3) is 6.29. The molecule has 1 heterocycles. The van der Waals surface area contributed by atoms with Crippen LogP contribution in [0.5, 0.6) is 0 Å². The zero-order valence-electron chi connectivity index (χ0n) is 22.4. The highest BCUT2D eigenvalue weighted by molar-refractivity contribution is 8.00. The molecule has 1 aliphatic rings. The van der Waals surface area contributed by atoms with E-state index in [1.807, 2.05) is 73.7 Å². The first-order valence-electron chi connectivity index (χ1n) is 13.2. The fourth-order valence-electron chi connectivity index (χ4n) is 4.74. The lowest BCUT2D eigenvalue weighted by molar-refractivity contribution is -0.115. The number of benzene rings is 3. The number of hydrogen-bond donors (Lipinski definition) is 2. The summed E-state index contributed by atoms with van der Waals surface area (Å²) in [6, 6.07) is 24.4. The summed E-state index contributed by atoms with van der Waals surface area (Å²) in [5, 5.41) is 5.97. The normalized spacial score (nSPS) is 13.2. The van der Waals surface area contributed by atoms with Gasteiger partial charge in [-0.05, 0) is 74.1 Å². The molecule has 0 spiro atoms. The van der Waals surface area contributed by atoms with Crippen molar-refractivity contribution in [2.75, 3.05) is 17.7 Å². The predicted molar refractivity (Wildman–Crippen MR) is 162 cm³/mol. The minimum absolute atomic E-state index is 0.198. The standard InChI is InChI=1S/C32H30N2O4S2/c1-20-15-17-22(18-16-20)29(35)33-23-11-8-12-24(19-23)39-28(21-9-4-3-5-10-21)30(36)34-31-27(32(37)38-2)25-13-6-7-14-26(25)40-31/h3-5,8-12,15-19,28H,6-7,13-14H2,1-2H3,(H,33,35)(H,34,36). The van der Waals surface area contributed by atoms with Crippen LogP contribution in [0.2, 0.25) is 0 Å². The lowest BCUT2D eigenvalue weighted by Crippen LogP contribution is -2.20. The summed E-state index contributed by atoms with van der Waals surface area (Å²) in [4.78, 5) is 41.3. The molecule has 1 aromatic heterocycles. The Morgan fingerprint density at radius 2 is 1.65 bits per heavy atom. The van der Waals surface area contributed by atoms with Crippen molar-refractivity contribution in [1.29, 1.82) is 0 Å². The molecule has 1 aliphatic carbocycles. The number of amides is 2. The van der Waals surface area contributed by atoms with Crippen molar-refractivity contribution in [1.82, 2.24) is 0 Å². The van der Waals surface area contributed by atoms with Crippen LogP contribution in [0.4, 0.5) is 10.7 Å². The Hall–Kier alpha value is -3.88. The van der Waals surface area contributed by atoms with Crippen LogP contribution >= 0.6 is 23.1 Å². The highest BCUT2D eigenvalue weighted by Crippen LogP contribution is 2.41. The molecule has 6 nitrogen and oxygen atoms in total. The van der Waals surface area contributed by atoms with Crippen molar-refractivity contribution in [2.24, 2.45) is 0 Å². The van der Waals surface area contributed by atoms with E-state index in [2.05, 4.69) is 10.6 Å². The molecule has 0 aliphatic heterocycles. The fourth-order valence-corrected chi connectivity index (χ4v) is 7.11. The van der Waals surface area contributed by atoms with E-state index in [0.717, 1.165) is 52.1 Å². The molecule has 40 heavy (non-hydrogen) atoms. The largest absolute Gasteiger partial charge is 0.465 e. The lowest BCUT2D eigenvalue weighted by Gasteiger charge is -2.18. The number of thioether (sulfide) groups is 1. The molecule has 0 fully saturated rings. The Morgan fingerprint density at radius 1 is 0.900 bits per heavy atom. The van der Waals surface area contributed by atoms with E-state index >= 15 is 0 Å². The number of ether oxygens (including phenoxy) is 1. The number of esters is 1. The molecule has 0 saturated carbocycles. The van der Waals surface area contributed by atoms with Gasteiger partial charge in [0.05, 0.1) is 12.7 Å². The molecule has 0 bridgehead atoms. The number of anilines is 2. The van der Waals surface area contributed by atoms with Gasteiger partial charge in [0.25, 0.3) is 5.91 Å². The van der Waals surface area contributed by atoms with E-state index in [1.165, 1.54) is 30.2 Å². The molecule has 1 atom stereocenters. The van der Waals surface area contributed by atoms with Gasteiger partial charge in [-0.1, -0.05) is 54.1 Å². The van der Waals surface area contributed by atoms with Crippen molar-refractivity contribution >= 4 is 51.6 Å². The molecule has 3 aromatic carbocycles. The fraction of sp³-hybridized carbons (Fsp3) is 0.219. The second-order valence-corrected chi connectivity index (χ2v) is 11.9. The van der Waals surface area contributed by atoms with Crippen LogP contribution in [-0.4, -0.2) is 24.9 Å². The molecule has 0 saturated heterocycles. The average molecular weight is 571 g/mol. The van der Waals surface area contributed by atoms with E-state index in [-0.39, 0.29) is 11.8 Å². The quantitative estimate of drug-likeness (QED) is 0.170. The summed E-state index contributed by atoms with van der Waals surface area (Å²) in [5.74, 6) is -0.846. The van der Waals surface area contributed by atoms with Crippen LogP contribution in [0.3, 0.4) is 0 Å². The van der Waals surface area contributed by atoms with Gasteiger partial charge in [-0.25, -0.2) is 4.79 Å². The van der Waals surface area contributed by atoms with Crippen molar-refractivity contribution in [2.45, 2.75) is 42.8 Å². The monoisotopic (exact) mass is 570 g/mol. The average Bonchev–Trinajstić information content (AvgIpc) is 3.34. The van der Waals surface area contributed by atoms with Gasteiger partial charge in [0.1, 0.15) is 10.3 Å². The molecule has 5 rings (SSSR count). The predicted octanol–water partition coefficient (Wildman–Crippen LogP) is 7.45. The number of carbonyl (C=O) groups is 3. The Morgan fingerprint density at radius 3 is 2.40 bits per heavy atom. The summed E-state index contributed by atoms with van der Waals surface area (Å²) < 4.78 is 5.08. The zero-order valence-corrected chi connectivity index (χ0v) is 24.0. The van der Waals surface area contributed by atoms with Crippen LogP contribution in [0.1, 0.15) is 60.4 Å². The Bertz CT molecular complexity index is 1530. The van der Waals surface area contributed by atoms with Gasteiger partial charge in [-0.3, -0.25) is 9.59 Å². The molecule has 204 valence electrons. The molecule has 1 unspecified atom stereocenters. The maximum atomic E-state index is 13.8. The number of aryl methyl sites for hydroxylation is 2. The number of nitrogens with one attached hydrogen (secondary N) is 2. The van der Waals surface area contributed by atoms with Crippen molar-refractivity contribution in [3.63, 3.8) is 0 Å². The molecule has 2 N–H and O–H groups in total. The van der Waals surface area contributed by atoms with Crippen LogP contribution < -0.4 is 10.6 Å². The van der Waals surface area contributed by atoms with Gasteiger partial charge in [-0.2, -0.15) is 0 Å². The molecule has 0 radical (unpaired) electrons. The first-order valence-corrected chi connectivity index (χ1v) is 14.9. The summed E-state index contributed by atoms with van der Waals surface area (Å²) in [7, 11) is 1.37. The Balaban J connectivity index is 1.39. The van der Waals surface area contributed by atoms with E-state index in [4.69, 9.17) is 4.74 Å². The molecular weight excluding hydrogens is 540 g/mol. The number of carbonyl (C=O) groups excluding carboxylic acids is 3. The first kappa shape index (κ1) is 27.7. The molecule has 8 heteroatoms. The highest BCUT2D eigenvalue weighted by Gasteiger charge is 2.29. The van der Waals surface area contributed by atoms with E-state index < -0.39 is 11.2 Å². The smallest absolute Gasteiger partial charge is 0.341 e. The number of methoxy groups -OCH3 is 1. The summed E-state index contributed by atoms with van der Waals surface area (Å²) >= 11 is 2.86. The Kier molecular flexibility index (Phi) is 8.67. The van der Waals surface area contributed by atoms with Gasteiger partial charge < -0.3 is 15.4 Å². The second-order valence-electron chi connectivity index (χ2n) is 9.65. The van der Waals surface area contributed by atoms with Gasteiger partial charge in [-0.15, -0.1) is 23.1 Å². The maximum Gasteiger partial charge on any atom is 0.341 e. The number of hydrogen-bond acceptors (Lipinski definition) is 6. The van der Waals surface area contributed by atoms with Crippen molar-refractivity contribution < 1.29 is 19.1 Å². The summed E-state index contributed by atoms with van der Waals surface area (Å²) in [6.07, 6.45) is 3.79. The summed E-state index contributed by atoms with van der Waals surface area (Å²) in [5.41, 5.74) is 4.61. The first-order chi connectivity index (χ1) is 19.4. The van der Waals surface area contributed by atoms with Gasteiger partial charge in [0.2, 0.25) is 5.91 Å². The highest BCUT2D eigenvalue weighted by atomic mass is 32.2. The van der Waals surface area contributed by atoms with Gasteiger partial charge in [0.15, 0.2) is 0 Å². The maximum absolute atomic E-state index is 13.8. The van der Waals surface area contributed by atoms with Crippen LogP contribution in [0.25, 0.3) is 0 Å². The minimum Gasteiger partial charge on any atom is -0.465 e. The van der Waals surface area contributed by atoms with Crippen molar-refractivity contribution in [3.8, 4) is 0 Å². The Labute approximate surface area is 242 Å². The van der Waals surface area contributed by atoms with Gasteiger partial charge in [0, 0.05) is 21.0 Å². The van der Waals surface area contributed by atoms with Crippen LogP contribution in [0.15, 0.2) is 83.8 Å². The molecule has 4 aromatic rings. The third-order valence-corrected chi connectivity index (χ3v) is 9.25. The van der Waals surface area contributed by atoms with Crippen LogP contribution in [-0.2, 0) is 22.4 Å². The van der Waals surface area contributed by atoms with Gasteiger partial charge >= 0.3 is 5.97 Å². The second kappa shape index (κ2) is 12.5. The van der Waals surface area contributed by atoms with Crippen molar-refractivity contribution in [3.05, 3.63) is 112 Å². The number of fused-ring (bicyclic) bond motifs is 1. The lowest BCUT2D eigenvalue weighted by atomic mass is 9.95. The third-order valence-electron chi connectivity index (χ3n) is 6.80. The number of thiophene rings is 1. The van der Waals surface area contributed by atoms with E-state index in [9.17, 15) is 14.4 Å². The summed E-state index contributed by atoms with van der Waals surface area (Å²) in [6.45, 7) is 1.98. The zero-order chi connectivity index (χ0) is 28.1.